The van der Waals surface area contributed by atoms with Gasteiger partial charge < -0.3 is 20.1 Å². The van der Waals surface area contributed by atoms with Crippen LogP contribution in [-0.2, 0) is 9.53 Å². The van der Waals surface area contributed by atoms with Gasteiger partial charge in [0, 0.05) is 29.4 Å². The van der Waals surface area contributed by atoms with Gasteiger partial charge >= 0.3 is 0 Å². The van der Waals surface area contributed by atoms with Crippen molar-refractivity contribution < 1.29 is 19.1 Å². The van der Waals surface area contributed by atoms with Crippen LogP contribution in [0, 0.1) is 0 Å². The minimum atomic E-state index is -0.318. The number of ether oxygens (including phenoxy) is 2. The molecule has 6 nitrogen and oxygen atoms in total. The maximum atomic E-state index is 12.3. The summed E-state index contributed by atoms with van der Waals surface area (Å²) in [5.74, 6) is 0.0395. The Bertz CT molecular complexity index is 789. The summed E-state index contributed by atoms with van der Waals surface area (Å²) >= 11 is 5.81. The molecule has 0 bridgehead atoms. The topological polar surface area (TPSA) is 76.7 Å². The number of anilines is 1. The molecule has 0 radical (unpaired) electrons. The molecule has 0 spiro atoms. The van der Waals surface area contributed by atoms with E-state index >= 15 is 0 Å². The van der Waals surface area contributed by atoms with Gasteiger partial charge in [0.05, 0.1) is 6.10 Å². The summed E-state index contributed by atoms with van der Waals surface area (Å²) in [7, 11) is 0. The molecule has 1 unspecified atom stereocenters. The smallest absolute Gasteiger partial charge is 0.262 e. The SMILES string of the molecule is O=C(COc1ccc(Cl)cc1)Nc1cccc(C(=O)NCC2CCCO2)c1. The summed E-state index contributed by atoms with van der Waals surface area (Å²) in [6.07, 6.45) is 2.08. The number of rotatable bonds is 7. The van der Waals surface area contributed by atoms with Crippen LogP contribution in [0.5, 0.6) is 5.75 Å². The normalized spacial score (nSPS) is 16.0. The summed E-state index contributed by atoms with van der Waals surface area (Å²) in [6.45, 7) is 1.10. The fraction of sp³-hybridized carbons (Fsp3) is 0.300. The predicted molar refractivity (Wildman–Crippen MR) is 103 cm³/mol. The number of benzene rings is 2. The van der Waals surface area contributed by atoms with Gasteiger partial charge in [0.1, 0.15) is 5.75 Å². The van der Waals surface area contributed by atoms with Gasteiger partial charge in [-0.1, -0.05) is 17.7 Å². The molecule has 0 aliphatic carbocycles. The first-order valence-electron chi connectivity index (χ1n) is 8.78. The minimum Gasteiger partial charge on any atom is -0.484 e. The van der Waals surface area contributed by atoms with Crippen molar-refractivity contribution in [2.45, 2.75) is 18.9 Å². The predicted octanol–water partition coefficient (Wildman–Crippen LogP) is 3.27. The summed E-state index contributed by atoms with van der Waals surface area (Å²) in [4.78, 5) is 24.3. The van der Waals surface area contributed by atoms with Gasteiger partial charge in [0.2, 0.25) is 0 Å². The molecule has 2 aromatic carbocycles. The lowest BCUT2D eigenvalue weighted by Crippen LogP contribution is -2.31. The number of halogens is 1. The second-order valence-corrected chi connectivity index (χ2v) is 6.65. The van der Waals surface area contributed by atoms with E-state index in [0.29, 0.717) is 28.6 Å². The zero-order chi connectivity index (χ0) is 19.1. The number of hydrogen-bond acceptors (Lipinski definition) is 4. The Balaban J connectivity index is 1.49. The van der Waals surface area contributed by atoms with E-state index in [-0.39, 0.29) is 24.5 Å². The van der Waals surface area contributed by atoms with Gasteiger partial charge in [-0.2, -0.15) is 0 Å². The summed E-state index contributed by atoms with van der Waals surface area (Å²) in [5, 5.41) is 6.18. The molecule has 2 N–H and O–H groups in total. The molecule has 0 saturated carbocycles. The van der Waals surface area contributed by atoms with Crippen LogP contribution in [-0.4, -0.2) is 37.7 Å². The number of carbonyl (C=O) groups excluding carboxylic acids is 2. The lowest BCUT2D eigenvalue weighted by atomic mass is 10.1. The van der Waals surface area contributed by atoms with Crippen LogP contribution in [0.1, 0.15) is 23.2 Å². The molecule has 27 heavy (non-hydrogen) atoms. The number of carbonyl (C=O) groups is 2. The number of nitrogens with one attached hydrogen (secondary N) is 2. The third-order valence-corrected chi connectivity index (χ3v) is 4.36. The summed E-state index contributed by atoms with van der Waals surface area (Å²) in [6, 6.07) is 13.5. The van der Waals surface area contributed by atoms with E-state index in [1.54, 1.807) is 48.5 Å². The lowest BCUT2D eigenvalue weighted by Gasteiger charge is -2.12. The van der Waals surface area contributed by atoms with Crippen molar-refractivity contribution in [3.63, 3.8) is 0 Å². The highest BCUT2D eigenvalue weighted by atomic mass is 35.5. The second kappa shape index (κ2) is 9.39. The van der Waals surface area contributed by atoms with Crippen molar-refractivity contribution in [1.82, 2.24) is 5.32 Å². The first kappa shape index (κ1) is 19.2. The zero-order valence-electron chi connectivity index (χ0n) is 14.7. The Kier molecular flexibility index (Phi) is 6.68. The lowest BCUT2D eigenvalue weighted by molar-refractivity contribution is -0.118. The first-order chi connectivity index (χ1) is 13.1. The van der Waals surface area contributed by atoms with Crippen LogP contribution in [0.15, 0.2) is 48.5 Å². The van der Waals surface area contributed by atoms with Gasteiger partial charge in [-0.25, -0.2) is 0 Å². The van der Waals surface area contributed by atoms with Crippen molar-refractivity contribution >= 4 is 29.1 Å². The standard InChI is InChI=1S/C20H21ClN2O4/c21-15-6-8-17(9-7-15)27-13-19(24)23-16-4-1-3-14(11-16)20(25)22-12-18-5-2-10-26-18/h1,3-4,6-9,11,18H,2,5,10,12-13H2,(H,22,25)(H,23,24). The highest BCUT2D eigenvalue weighted by Gasteiger charge is 2.17. The van der Waals surface area contributed by atoms with Crippen LogP contribution < -0.4 is 15.4 Å². The molecule has 1 saturated heterocycles. The average Bonchev–Trinajstić information content (AvgIpc) is 3.19. The van der Waals surface area contributed by atoms with Crippen LogP contribution in [0.4, 0.5) is 5.69 Å². The molecular formula is C20H21ClN2O4. The minimum absolute atomic E-state index is 0.0850. The second-order valence-electron chi connectivity index (χ2n) is 6.22. The Morgan fingerprint density at radius 3 is 2.74 bits per heavy atom. The summed E-state index contributed by atoms with van der Waals surface area (Å²) < 4.78 is 10.9. The maximum Gasteiger partial charge on any atom is 0.262 e. The van der Waals surface area contributed by atoms with Gasteiger partial charge in [-0.3, -0.25) is 9.59 Å². The van der Waals surface area contributed by atoms with Gasteiger partial charge in [-0.05, 0) is 55.3 Å². The first-order valence-corrected chi connectivity index (χ1v) is 9.16. The molecule has 142 valence electrons. The largest absolute Gasteiger partial charge is 0.484 e. The Hall–Kier alpha value is -2.57. The van der Waals surface area contributed by atoms with Crippen LogP contribution in [0.3, 0.4) is 0 Å². The van der Waals surface area contributed by atoms with Crippen LogP contribution >= 0.6 is 11.6 Å². The van der Waals surface area contributed by atoms with Gasteiger partial charge in [0.15, 0.2) is 6.61 Å². The molecule has 1 fully saturated rings. The Morgan fingerprint density at radius 1 is 1.19 bits per heavy atom. The van der Waals surface area contributed by atoms with Crippen molar-refractivity contribution in [2.24, 2.45) is 0 Å². The Labute approximate surface area is 162 Å². The van der Waals surface area contributed by atoms with Crippen LogP contribution in [0.2, 0.25) is 5.02 Å². The molecule has 3 rings (SSSR count). The van der Waals surface area contributed by atoms with E-state index in [2.05, 4.69) is 10.6 Å². The molecule has 1 atom stereocenters. The van der Waals surface area contributed by atoms with Crippen molar-refractivity contribution in [1.29, 1.82) is 0 Å². The molecule has 1 aliphatic rings. The van der Waals surface area contributed by atoms with Crippen molar-refractivity contribution in [2.75, 3.05) is 25.1 Å². The molecule has 2 aromatic rings. The average molecular weight is 389 g/mol. The molecule has 7 heteroatoms. The third-order valence-electron chi connectivity index (χ3n) is 4.11. The van der Waals surface area contributed by atoms with E-state index in [0.717, 1.165) is 19.4 Å². The summed E-state index contributed by atoms with van der Waals surface area (Å²) in [5.41, 5.74) is 1.01. The third kappa shape index (κ3) is 5.98. The fourth-order valence-corrected chi connectivity index (χ4v) is 2.85. The van der Waals surface area contributed by atoms with E-state index in [4.69, 9.17) is 21.1 Å². The quantitative estimate of drug-likeness (QED) is 0.763. The molecule has 0 aromatic heterocycles. The zero-order valence-corrected chi connectivity index (χ0v) is 15.5. The number of amides is 2. The van der Waals surface area contributed by atoms with Gasteiger partial charge in [-0.15, -0.1) is 0 Å². The highest BCUT2D eigenvalue weighted by molar-refractivity contribution is 6.30. The number of hydrogen-bond donors (Lipinski definition) is 2. The van der Waals surface area contributed by atoms with E-state index < -0.39 is 0 Å². The fourth-order valence-electron chi connectivity index (χ4n) is 2.73. The van der Waals surface area contributed by atoms with E-state index in [9.17, 15) is 9.59 Å². The van der Waals surface area contributed by atoms with Crippen molar-refractivity contribution in [3.05, 3.63) is 59.1 Å². The van der Waals surface area contributed by atoms with Crippen LogP contribution in [0.25, 0.3) is 0 Å². The van der Waals surface area contributed by atoms with Crippen molar-refractivity contribution in [3.8, 4) is 5.75 Å². The maximum absolute atomic E-state index is 12.3. The molecular weight excluding hydrogens is 368 g/mol. The Morgan fingerprint density at radius 2 is 2.00 bits per heavy atom. The van der Waals surface area contributed by atoms with E-state index in [1.807, 2.05) is 0 Å². The molecule has 1 heterocycles. The molecule has 2 amide bonds. The van der Waals surface area contributed by atoms with E-state index in [1.165, 1.54) is 0 Å². The van der Waals surface area contributed by atoms with Gasteiger partial charge in [0.25, 0.3) is 11.8 Å². The molecule has 1 aliphatic heterocycles. The monoisotopic (exact) mass is 388 g/mol. The highest BCUT2D eigenvalue weighted by Crippen LogP contribution is 2.16.